The Kier molecular flexibility index (Phi) is 3.48. The van der Waals surface area contributed by atoms with E-state index in [-0.39, 0.29) is 5.92 Å². The van der Waals surface area contributed by atoms with E-state index in [4.69, 9.17) is 0 Å². The molecule has 1 aromatic heterocycles. The Bertz CT molecular complexity index is 703. The summed E-state index contributed by atoms with van der Waals surface area (Å²) in [4.78, 5) is 4.25. The van der Waals surface area contributed by atoms with Gasteiger partial charge in [0.2, 0.25) is 0 Å². The standard InChI is InChI=1S/C18H17NO/c1-13(14-7-3-2-4-8-14)18(20)17-12-19-11-15-9-5-6-10-16(15)17/h2-13,18,20H,1H3. The van der Waals surface area contributed by atoms with Crippen LogP contribution in [-0.2, 0) is 0 Å². The molecular formula is C18H17NO. The highest BCUT2D eigenvalue weighted by Gasteiger charge is 2.20. The SMILES string of the molecule is CC(c1ccccc1)C(O)c1cncc2ccccc12. The van der Waals surface area contributed by atoms with E-state index in [2.05, 4.69) is 4.98 Å². The van der Waals surface area contributed by atoms with Crippen molar-refractivity contribution in [3.63, 3.8) is 0 Å². The number of fused-ring (bicyclic) bond motifs is 1. The van der Waals surface area contributed by atoms with E-state index >= 15 is 0 Å². The van der Waals surface area contributed by atoms with Gasteiger partial charge in [0, 0.05) is 29.3 Å². The monoisotopic (exact) mass is 263 g/mol. The van der Waals surface area contributed by atoms with Crippen LogP contribution in [0.2, 0.25) is 0 Å². The molecule has 0 radical (unpaired) electrons. The second kappa shape index (κ2) is 5.43. The number of benzene rings is 2. The Morgan fingerprint density at radius 1 is 0.900 bits per heavy atom. The van der Waals surface area contributed by atoms with Crippen LogP contribution < -0.4 is 0 Å². The van der Waals surface area contributed by atoms with Crippen LogP contribution in [0.3, 0.4) is 0 Å². The van der Waals surface area contributed by atoms with Gasteiger partial charge in [-0.15, -0.1) is 0 Å². The van der Waals surface area contributed by atoms with Gasteiger partial charge in [-0.1, -0.05) is 61.5 Å². The molecule has 1 N–H and O–H groups in total. The van der Waals surface area contributed by atoms with Gasteiger partial charge in [-0.2, -0.15) is 0 Å². The average molecular weight is 263 g/mol. The van der Waals surface area contributed by atoms with Crippen LogP contribution in [0.4, 0.5) is 0 Å². The van der Waals surface area contributed by atoms with Crippen molar-refractivity contribution in [1.82, 2.24) is 4.98 Å². The lowest BCUT2D eigenvalue weighted by atomic mass is 9.89. The van der Waals surface area contributed by atoms with Gasteiger partial charge in [0.05, 0.1) is 6.10 Å². The maximum Gasteiger partial charge on any atom is 0.0876 e. The minimum absolute atomic E-state index is 0.0313. The molecule has 2 unspecified atom stereocenters. The van der Waals surface area contributed by atoms with E-state index < -0.39 is 6.10 Å². The molecule has 2 atom stereocenters. The summed E-state index contributed by atoms with van der Waals surface area (Å²) in [6, 6.07) is 18.1. The third kappa shape index (κ3) is 2.30. The lowest BCUT2D eigenvalue weighted by Crippen LogP contribution is -2.08. The molecule has 0 amide bonds. The van der Waals surface area contributed by atoms with Crippen molar-refractivity contribution in [1.29, 1.82) is 0 Å². The summed E-state index contributed by atoms with van der Waals surface area (Å²) in [7, 11) is 0. The lowest BCUT2D eigenvalue weighted by Gasteiger charge is -2.20. The van der Waals surface area contributed by atoms with Crippen molar-refractivity contribution < 1.29 is 5.11 Å². The second-order valence-corrected chi connectivity index (χ2v) is 5.09. The highest BCUT2D eigenvalue weighted by Crippen LogP contribution is 2.33. The van der Waals surface area contributed by atoms with E-state index in [9.17, 15) is 5.11 Å². The van der Waals surface area contributed by atoms with Gasteiger partial charge in [0.15, 0.2) is 0 Å². The van der Waals surface area contributed by atoms with E-state index in [1.54, 1.807) is 6.20 Å². The summed E-state index contributed by atoms with van der Waals surface area (Å²) >= 11 is 0. The van der Waals surface area contributed by atoms with Gasteiger partial charge >= 0.3 is 0 Å². The molecule has 2 aromatic carbocycles. The molecule has 0 fully saturated rings. The van der Waals surface area contributed by atoms with Gasteiger partial charge in [-0.3, -0.25) is 4.98 Å². The van der Waals surface area contributed by atoms with E-state index in [1.807, 2.05) is 67.7 Å². The first-order chi connectivity index (χ1) is 9.77. The Balaban J connectivity index is 2.03. The molecule has 0 saturated carbocycles. The molecule has 2 heteroatoms. The van der Waals surface area contributed by atoms with Crippen molar-refractivity contribution in [2.45, 2.75) is 18.9 Å². The molecule has 3 aromatic rings. The predicted molar refractivity (Wildman–Crippen MR) is 81.6 cm³/mol. The largest absolute Gasteiger partial charge is 0.388 e. The Morgan fingerprint density at radius 2 is 1.60 bits per heavy atom. The average Bonchev–Trinajstić information content (AvgIpc) is 2.54. The minimum atomic E-state index is -0.559. The number of rotatable bonds is 3. The van der Waals surface area contributed by atoms with Crippen molar-refractivity contribution in [3.05, 3.63) is 78.1 Å². The number of aliphatic hydroxyl groups is 1. The fraction of sp³-hybridized carbons (Fsp3) is 0.167. The summed E-state index contributed by atoms with van der Waals surface area (Å²) in [5, 5.41) is 12.8. The number of pyridine rings is 1. The molecule has 0 bridgehead atoms. The first-order valence-electron chi connectivity index (χ1n) is 6.83. The molecule has 3 rings (SSSR count). The molecule has 1 heterocycles. The second-order valence-electron chi connectivity index (χ2n) is 5.09. The third-order valence-corrected chi connectivity index (χ3v) is 3.82. The lowest BCUT2D eigenvalue weighted by molar-refractivity contribution is 0.153. The quantitative estimate of drug-likeness (QED) is 0.772. The zero-order valence-corrected chi connectivity index (χ0v) is 11.4. The zero-order chi connectivity index (χ0) is 13.9. The predicted octanol–water partition coefficient (Wildman–Crippen LogP) is 4.07. The first-order valence-corrected chi connectivity index (χ1v) is 6.83. The molecule has 0 aliphatic rings. The Morgan fingerprint density at radius 3 is 2.40 bits per heavy atom. The van der Waals surface area contributed by atoms with E-state index in [0.29, 0.717) is 0 Å². The highest BCUT2D eigenvalue weighted by molar-refractivity contribution is 5.85. The fourth-order valence-electron chi connectivity index (χ4n) is 2.58. The van der Waals surface area contributed by atoms with Crippen LogP contribution >= 0.6 is 0 Å². The first kappa shape index (κ1) is 12.8. The van der Waals surface area contributed by atoms with Gasteiger partial charge in [-0.25, -0.2) is 0 Å². The third-order valence-electron chi connectivity index (χ3n) is 3.82. The summed E-state index contributed by atoms with van der Waals surface area (Å²) in [6.07, 6.45) is 3.04. The van der Waals surface area contributed by atoms with Crippen LogP contribution in [0.1, 0.15) is 30.1 Å². The van der Waals surface area contributed by atoms with Crippen molar-refractivity contribution in [2.24, 2.45) is 0 Å². The molecule has 0 spiro atoms. The molecular weight excluding hydrogens is 246 g/mol. The van der Waals surface area contributed by atoms with Crippen LogP contribution in [0.5, 0.6) is 0 Å². The fourth-order valence-corrected chi connectivity index (χ4v) is 2.58. The van der Waals surface area contributed by atoms with Gasteiger partial charge in [0.25, 0.3) is 0 Å². The van der Waals surface area contributed by atoms with Gasteiger partial charge < -0.3 is 5.11 Å². The zero-order valence-electron chi connectivity index (χ0n) is 11.4. The van der Waals surface area contributed by atoms with Gasteiger partial charge in [-0.05, 0) is 10.9 Å². The van der Waals surface area contributed by atoms with Crippen molar-refractivity contribution >= 4 is 10.8 Å². The van der Waals surface area contributed by atoms with E-state index in [0.717, 1.165) is 21.9 Å². The number of hydrogen-bond acceptors (Lipinski definition) is 2. The van der Waals surface area contributed by atoms with E-state index in [1.165, 1.54) is 0 Å². The normalized spacial score (nSPS) is 14.1. The summed E-state index contributed by atoms with van der Waals surface area (Å²) in [6.45, 7) is 2.04. The van der Waals surface area contributed by atoms with Crippen LogP contribution in [0.25, 0.3) is 10.8 Å². The van der Waals surface area contributed by atoms with Crippen LogP contribution in [0.15, 0.2) is 67.0 Å². The van der Waals surface area contributed by atoms with Crippen molar-refractivity contribution in [2.75, 3.05) is 0 Å². The molecule has 20 heavy (non-hydrogen) atoms. The van der Waals surface area contributed by atoms with Crippen molar-refractivity contribution in [3.8, 4) is 0 Å². The van der Waals surface area contributed by atoms with Gasteiger partial charge in [0.1, 0.15) is 0 Å². The van der Waals surface area contributed by atoms with Crippen LogP contribution in [0, 0.1) is 0 Å². The molecule has 100 valence electrons. The smallest absolute Gasteiger partial charge is 0.0876 e. The maximum atomic E-state index is 10.7. The molecule has 0 saturated heterocycles. The molecule has 2 nitrogen and oxygen atoms in total. The van der Waals surface area contributed by atoms with Crippen LogP contribution in [-0.4, -0.2) is 10.1 Å². The Labute approximate surface area is 118 Å². The highest BCUT2D eigenvalue weighted by atomic mass is 16.3. The molecule has 0 aliphatic carbocycles. The maximum absolute atomic E-state index is 10.7. The summed E-state index contributed by atoms with van der Waals surface area (Å²) < 4.78 is 0. The summed E-state index contributed by atoms with van der Waals surface area (Å²) in [5.74, 6) is 0.0313. The molecule has 0 aliphatic heterocycles. The summed E-state index contributed by atoms with van der Waals surface area (Å²) in [5.41, 5.74) is 2.02. The number of nitrogens with zero attached hydrogens (tertiary/aromatic N) is 1. The minimum Gasteiger partial charge on any atom is -0.388 e. The topological polar surface area (TPSA) is 33.1 Å². The number of aliphatic hydroxyl groups excluding tert-OH is 1. The number of aromatic nitrogens is 1. The number of hydrogen-bond donors (Lipinski definition) is 1. The Hall–Kier alpha value is -2.19.